The van der Waals surface area contributed by atoms with Crippen molar-refractivity contribution in [2.45, 2.75) is 25.0 Å². The maximum atomic E-state index is 11.9. The summed E-state index contributed by atoms with van der Waals surface area (Å²) < 4.78 is 10.8. The van der Waals surface area contributed by atoms with Crippen molar-refractivity contribution in [3.8, 4) is 0 Å². The average molecular weight is 306 g/mol. The molecule has 0 radical (unpaired) electrons. The molecule has 0 bridgehead atoms. The van der Waals surface area contributed by atoms with E-state index >= 15 is 0 Å². The zero-order valence-electron chi connectivity index (χ0n) is 12.8. The fourth-order valence-electron chi connectivity index (χ4n) is 3.33. The summed E-state index contributed by atoms with van der Waals surface area (Å²) in [4.78, 5) is 22.7. The first-order chi connectivity index (χ1) is 10.8. The average Bonchev–Trinajstić information content (AvgIpc) is 2.56. The lowest BCUT2D eigenvalue weighted by Gasteiger charge is -2.45. The molecule has 3 heterocycles. The number of nitrogens with zero attached hydrogens (tertiary/aromatic N) is 3. The summed E-state index contributed by atoms with van der Waals surface area (Å²) in [6, 6.07) is 1.74. The first-order valence-electron chi connectivity index (χ1n) is 7.70. The zero-order valence-corrected chi connectivity index (χ0v) is 12.8. The van der Waals surface area contributed by atoms with Crippen LogP contribution in [0.5, 0.6) is 0 Å². The molecule has 0 aromatic carbocycles. The van der Waals surface area contributed by atoms with Gasteiger partial charge in [-0.1, -0.05) is 0 Å². The Balaban J connectivity index is 1.74. The van der Waals surface area contributed by atoms with E-state index in [-0.39, 0.29) is 24.7 Å². The van der Waals surface area contributed by atoms with E-state index in [0.29, 0.717) is 18.4 Å². The molecule has 2 saturated heterocycles. The van der Waals surface area contributed by atoms with E-state index in [1.54, 1.807) is 18.5 Å². The number of aromatic nitrogens is 2. The van der Waals surface area contributed by atoms with Gasteiger partial charge in [-0.2, -0.15) is 0 Å². The van der Waals surface area contributed by atoms with Gasteiger partial charge in [0.1, 0.15) is 6.61 Å². The molecule has 1 aromatic heterocycles. The lowest BCUT2D eigenvalue weighted by atomic mass is 9.85. The molecule has 0 aliphatic carbocycles. The summed E-state index contributed by atoms with van der Waals surface area (Å²) in [6.45, 7) is 2.35. The fraction of sp³-hybridized carbons (Fsp3) is 0.667. The first kappa shape index (κ1) is 15.2. The number of carbonyl (C=O) groups is 1. The Kier molecular flexibility index (Phi) is 4.84. The Labute approximate surface area is 130 Å². The van der Waals surface area contributed by atoms with E-state index in [4.69, 9.17) is 9.47 Å². The third-order valence-electron chi connectivity index (χ3n) is 4.22. The van der Waals surface area contributed by atoms with Crippen LogP contribution in [0, 0.1) is 5.92 Å². The van der Waals surface area contributed by atoms with Gasteiger partial charge in [0.15, 0.2) is 0 Å². The van der Waals surface area contributed by atoms with Crippen LogP contribution >= 0.6 is 0 Å². The molecule has 120 valence electrons. The number of fused-ring (bicyclic) bond motifs is 1. The predicted molar refractivity (Wildman–Crippen MR) is 80.5 cm³/mol. The Hall–Kier alpha value is -1.73. The number of carbonyl (C=O) groups excluding carboxylic acids is 1. The van der Waals surface area contributed by atoms with E-state index in [2.05, 4.69) is 20.2 Å². The maximum absolute atomic E-state index is 11.9. The molecule has 3 atom stereocenters. The molecule has 2 aliphatic heterocycles. The second kappa shape index (κ2) is 7.02. The van der Waals surface area contributed by atoms with Gasteiger partial charge in [0, 0.05) is 45.1 Å². The molecule has 7 heteroatoms. The molecule has 1 N–H and O–H groups in total. The second-order valence-electron chi connectivity index (χ2n) is 5.80. The molecular weight excluding hydrogens is 284 g/mol. The number of rotatable bonds is 4. The molecule has 22 heavy (non-hydrogen) atoms. The molecule has 0 unspecified atom stereocenters. The summed E-state index contributed by atoms with van der Waals surface area (Å²) in [6.07, 6.45) is 5.71. The number of hydrogen-bond donors (Lipinski definition) is 1. The largest absolute Gasteiger partial charge is 0.376 e. The smallest absolute Gasteiger partial charge is 0.246 e. The number of methoxy groups -OCH3 is 1. The van der Waals surface area contributed by atoms with Crippen molar-refractivity contribution in [2.75, 3.05) is 38.3 Å². The standard InChI is InChI=1S/C15H22N4O3/c1-21-10-13(20)18-12-9-19(15-16-5-3-6-17-15)8-11-4-2-7-22-14(11)12/h3,5-6,11-12,14H,2,4,7-10H2,1H3,(H,18,20)/t11-,12+,14-/m0/s1. The van der Waals surface area contributed by atoms with Crippen LogP contribution < -0.4 is 10.2 Å². The van der Waals surface area contributed by atoms with Crippen LogP contribution in [0.4, 0.5) is 5.95 Å². The van der Waals surface area contributed by atoms with Crippen molar-refractivity contribution in [3.63, 3.8) is 0 Å². The molecule has 7 nitrogen and oxygen atoms in total. The Morgan fingerprint density at radius 1 is 1.45 bits per heavy atom. The minimum Gasteiger partial charge on any atom is -0.376 e. The summed E-state index contributed by atoms with van der Waals surface area (Å²) in [5.41, 5.74) is 0. The number of nitrogens with one attached hydrogen (secondary N) is 1. The van der Waals surface area contributed by atoms with Gasteiger partial charge < -0.3 is 19.7 Å². The Morgan fingerprint density at radius 3 is 3.05 bits per heavy atom. The normalized spacial score (nSPS) is 28.0. The van der Waals surface area contributed by atoms with Crippen molar-refractivity contribution < 1.29 is 14.3 Å². The molecule has 0 spiro atoms. The highest BCUT2D eigenvalue weighted by atomic mass is 16.5. The van der Waals surface area contributed by atoms with Gasteiger partial charge in [-0.05, 0) is 18.9 Å². The predicted octanol–water partition coefficient (Wildman–Crippen LogP) is 0.223. The number of amides is 1. The Bertz CT molecular complexity index is 499. The van der Waals surface area contributed by atoms with Crippen LogP contribution in [0.25, 0.3) is 0 Å². The third-order valence-corrected chi connectivity index (χ3v) is 4.22. The van der Waals surface area contributed by atoms with Gasteiger partial charge in [0.25, 0.3) is 0 Å². The van der Waals surface area contributed by atoms with Gasteiger partial charge in [0.05, 0.1) is 12.1 Å². The number of hydrogen-bond acceptors (Lipinski definition) is 6. The lowest BCUT2D eigenvalue weighted by Crippen LogP contribution is -2.61. The van der Waals surface area contributed by atoms with Crippen molar-refractivity contribution in [2.24, 2.45) is 5.92 Å². The van der Waals surface area contributed by atoms with Crippen LogP contribution in [-0.2, 0) is 14.3 Å². The first-order valence-corrected chi connectivity index (χ1v) is 7.70. The SMILES string of the molecule is COCC(=O)N[C@@H]1CN(c2ncccn2)C[C@@H]2CCCO[C@@H]21. The molecule has 1 aromatic rings. The van der Waals surface area contributed by atoms with E-state index in [1.165, 1.54) is 7.11 Å². The van der Waals surface area contributed by atoms with Crippen LogP contribution in [0.2, 0.25) is 0 Å². The summed E-state index contributed by atoms with van der Waals surface area (Å²) in [5.74, 6) is 0.980. The summed E-state index contributed by atoms with van der Waals surface area (Å²) >= 11 is 0. The second-order valence-corrected chi connectivity index (χ2v) is 5.80. The summed E-state index contributed by atoms with van der Waals surface area (Å²) in [7, 11) is 1.52. The minimum absolute atomic E-state index is 0.0643. The van der Waals surface area contributed by atoms with Crippen molar-refractivity contribution >= 4 is 11.9 Å². The molecule has 0 saturated carbocycles. The van der Waals surface area contributed by atoms with Crippen LogP contribution in [0.3, 0.4) is 0 Å². The Morgan fingerprint density at radius 2 is 2.27 bits per heavy atom. The number of anilines is 1. The molecule has 1 amide bonds. The van der Waals surface area contributed by atoms with Crippen molar-refractivity contribution in [1.82, 2.24) is 15.3 Å². The van der Waals surface area contributed by atoms with Crippen LogP contribution in [0.1, 0.15) is 12.8 Å². The van der Waals surface area contributed by atoms with Gasteiger partial charge in [-0.15, -0.1) is 0 Å². The van der Waals surface area contributed by atoms with E-state index in [0.717, 1.165) is 26.0 Å². The van der Waals surface area contributed by atoms with E-state index < -0.39 is 0 Å². The zero-order chi connectivity index (χ0) is 15.4. The highest BCUT2D eigenvalue weighted by molar-refractivity contribution is 5.77. The third kappa shape index (κ3) is 3.36. The van der Waals surface area contributed by atoms with Gasteiger partial charge in [-0.25, -0.2) is 9.97 Å². The monoisotopic (exact) mass is 306 g/mol. The summed E-state index contributed by atoms with van der Waals surface area (Å²) in [5, 5.41) is 3.03. The van der Waals surface area contributed by atoms with Crippen LogP contribution in [0.15, 0.2) is 18.5 Å². The molecular formula is C15H22N4O3. The fourth-order valence-corrected chi connectivity index (χ4v) is 3.33. The topological polar surface area (TPSA) is 76.6 Å². The lowest BCUT2D eigenvalue weighted by molar-refractivity contribution is -0.128. The highest BCUT2D eigenvalue weighted by Gasteiger charge is 2.40. The van der Waals surface area contributed by atoms with Crippen molar-refractivity contribution in [1.29, 1.82) is 0 Å². The van der Waals surface area contributed by atoms with Gasteiger partial charge in [0.2, 0.25) is 11.9 Å². The number of ether oxygens (including phenoxy) is 2. The highest BCUT2D eigenvalue weighted by Crippen LogP contribution is 2.30. The van der Waals surface area contributed by atoms with E-state index in [1.807, 2.05) is 0 Å². The van der Waals surface area contributed by atoms with Crippen molar-refractivity contribution in [3.05, 3.63) is 18.5 Å². The van der Waals surface area contributed by atoms with Crippen LogP contribution in [-0.4, -0.2) is 61.4 Å². The maximum Gasteiger partial charge on any atom is 0.246 e. The van der Waals surface area contributed by atoms with Gasteiger partial charge in [-0.3, -0.25) is 4.79 Å². The molecule has 3 rings (SSSR count). The van der Waals surface area contributed by atoms with Gasteiger partial charge >= 0.3 is 0 Å². The number of piperidine rings is 1. The minimum atomic E-state index is -0.115. The quantitative estimate of drug-likeness (QED) is 0.858. The molecule has 2 aliphatic rings. The van der Waals surface area contributed by atoms with E-state index in [9.17, 15) is 4.79 Å². The molecule has 2 fully saturated rings.